The largest absolute Gasteiger partial charge is 0.327 e. The number of nitrogens with two attached hydrogens (primary N) is 1. The summed E-state index contributed by atoms with van der Waals surface area (Å²) in [5.74, 6) is 0.406. The van der Waals surface area contributed by atoms with E-state index in [1.807, 2.05) is 13.8 Å². The van der Waals surface area contributed by atoms with E-state index in [9.17, 15) is 8.42 Å². The molecule has 7 heteroatoms. The summed E-state index contributed by atoms with van der Waals surface area (Å²) in [5.41, 5.74) is 5.84. The van der Waals surface area contributed by atoms with Crippen LogP contribution in [-0.4, -0.2) is 21.0 Å². The zero-order valence-electron chi connectivity index (χ0n) is 10.9. The summed E-state index contributed by atoms with van der Waals surface area (Å²) in [6.07, 6.45) is 0.735. The Morgan fingerprint density at radius 1 is 1.26 bits per heavy atom. The van der Waals surface area contributed by atoms with Crippen LogP contribution in [0.15, 0.2) is 23.1 Å². The number of benzene rings is 1. The van der Waals surface area contributed by atoms with Gasteiger partial charge in [0.2, 0.25) is 10.0 Å². The molecule has 1 atom stereocenters. The zero-order valence-corrected chi connectivity index (χ0v) is 13.2. The van der Waals surface area contributed by atoms with Gasteiger partial charge in [-0.25, -0.2) is 13.1 Å². The fourth-order valence-corrected chi connectivity index (χ4v) is 3.95. The van der Waals surface area contributed by atoms with E-state index < -0.39 is 10.0 Å². The second-order valence-corrected chi connectivity index (χ2v) is 7.31. The third kappa shape index (κ3) is 4.93. The quantitative estimate of drug-likeness (QED) is 0.844. The molecule has 0 spiro atoms. The Bertz CT molecular complexity index is 512. The number of rotatable bonds is 6. The number of hydrogen-bond donors (Lipinski definition) is 2. The molecule has 0 aliphatic rings. The van der Waals surface area contributed by atoms with Crippen molar-refractivity contribution < 1.29 is 8.42 Å². The van der Waals surface area contributed by atoms with E-state index in [-0.39, 0.29) is 27.5 Å². The molecule has 0 aliphatic carbocycles. The molecular weight excluding hydrogens is 307 g/mol. The lowest BCUT2D eigenvalue weighted by Gasteiger charge is -2.16. The Hall–Kier alpha value is -0.330. The van der Waals surface area contributed by atoms with E-state index in [0.717, 1.165) is 6.42 Å². The Morgan fingerprint density at radius 2 is 1.79 bits per heavy atom. The highest BCUT2D eigenvalue weighted by Gasteiger charge is 2.22. The van der Waals surface area contributed by atoms with Crippen molar-refractivity contribution in [1.82, 2.24) is 4.72 Å². The molecule has 0 amide bonds. The molecule has 0 saturated carbocycles. The summed E-state index contributed by atoms with van der Waals surface area (Å²) in [6, 6.07) is 4.32. The highest BCUT2D eigenvalue weighted by Crippen LogP contribution is 2.28. The third-order valence-corrected chi connectivity index (χ3v) is 4.88. The molecule has 0 aromatic heterocycles. The molecule has 1 aromatic carbocycles. The maximum Gasteiger partial charge on any atom is 0.243 e. The Kier molecular flexibility index (Phi) is 6.08. The number of nitrogens with one attached hydrogen (secondary N) is 1. The van der Waals surface area contributed by atoms with Crippen molar-refractivity contribution in [1.29, 1.82) is 0 Å². The first-order valence-corrected chi connectivity index (χ1v) is 8.17. The van der Waals surface area contributed by atoms with E-state index in [0.29, 0.717) is 5.92 Å². The Balaban J connectivity index is 2.82. The van der Waals surface area contributed by atoms with Crippen molar-refractivity contribution in [3.8, 4) is 0 Å². The fourth-order valence-electron chi connectivity index (χ4n) is 1.72. The van der Waals surface area contributed by atoms with E-state index >= 15 is 0 Å². The van der Waals surface area contributed by atoms with Gasteiger partial charge in [0.25, 0.3) is 0 Å². The van der Waals surface area contributed by atoms with E-state index in [2.05, 4.69) is 4.72 Å². The number of halogens is 2. The minimum absolute atomic E-state index is 0.0948. The minimum Gasteiger partial charge on any atom is -0.327 e. The van der Waals surface area contributed by atoms with Crippen molar-refractivity contribution in [2.45, 2.75) is 31.2 Å². The van der Waals surface area contributed by atoms with Gasteiger partial charge in [0.05, 0.1) is 10.0 Å². The smallest absolute Gasteiger partial charge is 0.243 e. The standard InChI is InChI=1S/C12H18Cl2N2O2S/c1-8(2)6-9(15)7-16-19(17,18)12-10(13)4-3-5-11(12)14/h3-5,8-9,16H,6-7,15H2,1-2H3. The maximum absolute atomic E-state index is 12.1. The van der Waals surface area contributed by atoms with Crippen molar-refractivity contribution in [3.05, 3.63) is 28.2 Å². The normalized spacial score (nSPS) is 13.8. The first-order chi connectivity index (χ1) is 8.74. The number of sulfonamides is 1. The maximum atomic E-state index is 12.1. The molecule has 19 heavy (non-hydrogen) atoms. The van der Waals surface area contributed by atoms with Gasteiger partial charge >= 0.3 is 0 Å². The summed E-state index contributed by atoms with van der Waals surface area (Å²) < 4.78 is 26.7. The SMILES string of the molecule is CC(C)CC(N)CNS(=O)(=O)c1c(Cl)cccc1Cl. The molecule has 3 N–H and O–H groups in total. The van der Waals surface area contributed by atoms with Gasteiger partial charge < -0.3 is 5.73 Å². The van der Waals surface area contributed by atoms with Crippen LogP contribution in [0.3, 0.4) is 0 Å². The summed E-state index contributed by atoms with van der Waals surface area (Å²) in [7, 11) is -3.75. The van der Waals surface area contributed by atoms with Gasteiger partial charge in [-0.2, -0.15) is 0 Å². The Morgan fingerprint density at radius 3 is 2.26 bits per heavy atom. The average molecular weight is 325 g/mol. The van der Waals surface area contributed by atoms with Crippen LogP contribution in [0.4, 0.5) is 0 Å². The summed E-state index contributed by atoms with van der Waals surface area (Å²) in [5, 5.41) is 0.190. The molecule has 0 radical (unpaired) electrons. The molecule has 0 aliphatic heterocycles. The van der Waals surface area contributed by atoms with Crippen LogP contribution in [0.25, 0.3) is 0 Å². The van der Waals surface area contributed by atoms with Gasteiger partial charge in [0.1, 0.15) is 4.90 Å². The molecule has 4 nitrogen and oxygen atoms in total. The molecule has 108 valence electrons. The highest BCUT2D eigenvalue weighted by molar-refractivity contribution is 7.89. The van der Waals surface area contributed by atoms with Crippen LogP contribution in [0.5, 0.6) is 0 Å². The van der Waals surface area contributed by atoms with Crippen molar-refractivity contribution in [2.75, 3.05) is 6.54 Å². The highest BCUT2D eigenvalue weighted by atomic mass is 35.5. The molecule has 0 bridgehead atoms. The van der Waals surface area contributed by atoms with Crippen LogP contribution < -0.4 is 10.5 Å². The van der Waals surface area contributed by atoms with Crippen molar-refractivity contribution >= 4 is 33.2 Å². The lowest BCUT2D eigenvalue weighted by Crippen LogP contribution is -2.38. The summed E-state index contributed by atoms with van der Waals surface area (Å²) in [6.45, 7) is 4.21. The molecule has 1 unspecified atom stereocenters. The third-order valence-electron chi connectivity index (χ3n) is 2.50. The van der Waals surface area contributed by atoms with Gasteiger partial charge in [-0.3, -0.25) is 0 Å². The molecule has 1 rings (SSSR count). The first kappa shape index (κ1) is 16.7. The van der Waals surface area contributed by atoms with Crippen LogP contribution >= 0.6 is 23.2 Å². The zero-order chi connectivity index (χ0) is 14.6. The van der Waals surface area contributed by atoms with Crippen LogP contribution in [0, 0.1) is 5.92 Å². The molecule has 0 fully saturated rings. The molecular formula is C12H18Cl2N2O2S. The monoisotopic (exact) mass is 324 g/mol. The first-order valence-electron chi connectivity index (χ1n) is 5.93. The summed E-state index contributed by atoms with van der Waals surface area (Å²) in [4.78, 5) is -0.102. The topological polar surface area (TPSA) is 72.2 Å². The van der Waals surface area contributed by atoms with Crippen LogP contribution in [0.2, 0.25) is 10.0 Å². The molecule has 0 saturated heterocycles. The van der Waals surface area contributed by atoms with Crippen LogP contribution in [0.1, 0.15) is 20.3 Å². The lowest BCUT2D eigenvalue weighted by atomic mass is 10.1. The second kappa shape index (κ2) is 6.90. The van der Waals surface area contributed by atoms with E-state index in [4.69, 9.17) is 28.9 Å². The van der Waals surface area contributed by atoms with Crippen molar-refractivity contribution in [2.24, 2.45) is 11.7 Å². The van der Waals surface area contributed by atoms with Gasteiger partial charge in [0.15, 0.2) is 0 Å². The number of hydrogen-bond acceptors (Lipinski definition) is 3. The minimum atomic E-state index is -3.75. The second-order valence-electron chi connectivity index (χ2n) is 4.79. The van der Waals surface area contributed by atoms with E-state index in [1.54, 1.807) is 6.07 Å². The molecule has 1 aromatic rings. The Labute approximate surface area is 124 Å². The molecule has 0 heterocycles. The lowest BCUT2D eigenvalue weighted by molar-refractivity contribution is 0.486. The fraction of sp³-hybridized carbons (Fsp3) is 0.500. The van der Waals surface area contributed by atoms with Gasteiger partial charge in [-0.1, -0.05) is 43.1 Å². The summed E-state index contributed by atoms with van der Waals surface area (Å²) >= 11 is 11.8. The van der Waals surface area contributed by atoms with Crippen LogP contribution in [-0.2, 0) is 10.0 Å². The predicted octanol–water partition coefficient (Wildman–Crippen LogP) is 2.65. The van der Waals surface area contributed by atoms with Gasteiger partial charge in [0, 0.05) is 12.6 Å². The van der Waals surface area contributed by atoms with Crippen molar-refractivity contribution in [3.63, 3.8) is 0 Å². The van der Waals surface area contributed by atoms with Gasteiger partial charge in [-0.05, 0) is 24.5 Å². The van der Waals surface area contributed by atoms with Gasteiger partial charge in [-0.15, -0.1) is 0 Å². The predicted molar refractivity (Wildman–Crippen MR) is 79.1 cm³/mol. The van der Waals surface area contributed by atoms with E-state index in [1.165, 1.54) is 12.1 Å². The average Bonchev–Trinajstić information content (AvgIpc) is 2.25.